The summed E-state index contributed by atoms with van der Waals surface area (Å²) in [7, 11) is -3.60. The number of halogens is 1. The number of rotatable bonds is 14. The number of hydrogen-bond acceptors (Lipinski definition) is 12. The Kier molecular flexibility index (Phi) is 10.9. The van der Waals surface area contributed by atoms with Gasteiger partial charge in [-0.3, -0.25) is 8.98 Å². The highest BCUT2D eigenvalue weighted by Gasteiger charge is 2.15. The van der Waals surface area contributed by atoms with Crippen LogP contribution in [0.15, 0.2) is 29.4 Å². The van der Waals surface area contributed by atoms with Crippen LogP contribution in [0.3, 0.4) is 0 Å². The lowest BCUT2D eigenvalue weighted by Gasteiger charge is -2.12. The number of hydrogen-bond donors (Lipinski definition) is 5. The first kappa shape index (κ1) is 28.0. The van der Waals surface area contributed by atoms with E-state index in [4.69, 9.17) is 27.8 Å². The number of anilines is 2. The molecule has 0 spiro atoms. The number of carbonyl (C=O) groups excluding carboxylic acids is 1. The smallest absolute Gasteiger partial charge is 0.278 e. The molecule has 1 unspecified atom stereocenters. The van der Waals surface area contributed by atoms with E-state index < -0.39 is 22.1 Å². The van der Waals surface area contributed by atoms with Crippen molar-refractivity contribution in [3.05, 3.63) is 40.7 Å². The number of nitrogens with zero attached hydrogens (tertiary/aromatic N) is 3. The van der Waals surface area contributed by atoms with E-state index in [1.807, 2.05) is 12.1 Å². The van der Waals surface area contributed by atoms with Crippen LogP contribution in [0.5, 0.6) is 5.75 Å². The normalized spacial score (nSPS) is 12.4. The molecule has 0 fully saturated rings. The molecule has 15 heteroatoms. The number of carbonyl (C=O) groups is 1. The molecule has 2 aromatic rings. The van der Waals surface area contributed by atoms with Crippen molar-refractivity contribution in [3.8, 4) is 5.75 Å². The van der Waals surface area contributed by atoms with Crippen molar-refractivity contribution in [1.82, 2.24) is 20.7 Å². The van der Waals surface area contributed by atoms with Gasteiger partial charge in [0.25, 0.3) is 16.0 Å². The number of nitrogens with two attached hydrogens (primary N) is 2. The topological polar surface area (TPSA) is 204 Å². The molecular weight excluding hydrogens is 502 g/mol. The Balaban J connectivity index is 1.60. The van der Waals surface area contributed by atoms with Gasteiger partial charge in [0.1, 0.15) is 24.8 Å². The lowest BCUT2D eigenvalue weighted by atomic mass is 10.1. The molecule has 1 amide bonds. The van der Waals surface area contributed by atoms with E-state index >= 15 is 0 Å². The Labute approximate surface area is 208 Å². The highest BCUT2D eigenvalue weighted by atomic mass is 35.5. The van der Waals surface area contributed by atoms with E-state index in [0.717, 1.165) is 31.1 Å². The summed E-state index contributed by atoms with van der Waals surface area (Å²) in [5.74, 6) is -0.261. The standard InChI is InChI=1S/C20H28ClN7O6S/c1-35(31,32)34-11-14(29)10-33-15-7-5-13(6-8-15)4-2-3-9-25-26-12-24-20(30)16-18(22)28-19(23)17(21)27-16/h5-8,12,14,25,29H,2-4,9-11H2,1H3,(H4,22,23,28)(H,24,26,30). The number of ether oxygens (including phenoxy) is 1. The Morgan fingerprint density at radius 2 is 1.91 bits per heavy atom. The number of nitrogen functional groups attached to an aromatic ring is 2. The van der Waals surface area contributed by atoms with Crippen molar-refractivity contribution >= 4 is 45.6 Å². The van der Waals surface area contributed by atoms with Gasteiger partial charge < -0.3 is 32.1 Å². The number of hydrazone groups is 1. The maximum Gasteiger partial charge on any atom is 0.278 e. The molecule has 0 radical (unpaired) electrons. The highest BCUT2D eigenvalue weighted by molar-refractivity contribution is 7.85. The average Bonchev–Trinajstić information content (AvgIpc) is 2.80. The molecular formula is C20H28ClN7O6S. The SMILES string of the molecule is CS(=O)(=O)OCC(O)COc1ccc(CCCCN/N=C/NC(=O)c2nc(Cl)c(N)nc2N)cc1. The maximum absolute atomic E-state index is 12.0. The van der Waals surface area contributed by atoms with Crippen LogP contribution in [0.1, 0.15) is 28.9 Å². The number of benzene rings is 1. The average molecular weight is 530 g/mol. The van der Waals surface area contributed by atoms with Gasteiger partial charge in [0.15, 0.2) is 22.5 Å². The maximum atomic E-state index is 12.0. The minimum Gasteiger partial charge on any atom is -0.491 e. The number of amides is 1. The summed E-state index contributed by atoms with van der Waals surface area (Å²) in [4.78, 5) is 19.6. The second-order valence-corrected chi connectivity index (χ2v) is 9.33. The van der Waals surface area contributed by atoms with E-state index in [1.165, 1.54) is 6.34 Å². The molecule has 2 rings (SSSR count). The Morgan fingerprint density at radius 1 is 1.20 bits per heavy atom. The van der Waals surface area contributed by atoms with Crippen molar-refractivity contribution < 1.29 is 27.2 Å². The lowest BCUT2D eigenvalue weighted by Crippen LogP contribution is -2.26. The zero-order valence-electron chi connectivity index (χ0n) is 19.0. The molecule has 192 valence electrons. The van der Waals surface area contributed by atoms with Gasteiger partial charge in [-0.1, -0.05) is 23.7 Å². The summed E-state index contributed by atoms with van der Waals surface area (Å²) in [6.07, 6.45) is 3.60. The number of aliphatic hydroxyl groups excluding tert-OH is 1. The monoisotopic (exact) mass is 529 g/mol. The molecule has 0 aliphatic heterocycles. The predicted molar refractivity (Wildman–Crippen MR) is 132 cm³/mol. The van der Waals surface area contributed by atoms with Crippen LogP contribution in [0, 0.1) is 0 Å². The van der Waals surface area contributed by atoms with Gasteiger partial charge in [-0.15, -0.1) is 0 Å². The van der Waals surface area contributed by atoms with E-state index in [1.54, 1.807) is 12.1 Å². The third-order valence-corrected chi connectivity index (χ3v) is 5.16. The van der Waals surface area contributed by atoms with Crippen LogP contribution >= 0.6 is 11.6 Å². The number of aryl methyl sites for hydroxylation is 1. The van der Waals surface area contributed by atoms with Gasteiger partial charge in [0, 0.05) is 6.54 Å². The third kappa shape index (κ3) is 10.7. The lowest BCUT2D eigenvalue weighted by molar-refractivity contribution is 0.0652. The summed E-state index contributed by atoms with van der Waals surface area (Å²) in [5.41, 5.74) is 14.9. The second kappa shape index (κ2) is 13.6. The summed E-state index contributed by atoms with van der Waals surface area (Å²) in [6.45, 7) is 0.148. The number of aromatic nitrogens is 2. The molecule has 1 heterocycles. The summed E-state index contributed by atoms with van der Waals surface area (Å²) < 4.78 is 31.8. The zero-order chi connectivity index (χ0) is 25.8. The fraction of sp³-hybridized carbons (Fsp3) is 0.400. The fourth-order valence-corrected chi connectivity index (χ4v) is 3.14. The van der Waals surface area contributed by atoms with Crippen molar-refractivity contribution in [2.45, 2.75) is 25.4 Å². The predicted octanol–water partition coefficient (Wildman–Crippen LogP) is 0.296. The molecule has 35 heavy (non-hydrogen) atoms. The van der Waals surface area contributed by atoms with Crippen LogP contribution in [0.4, 0.5) is 11.6 Å². The molecule has 1 aromatic carbocycles. The van der Waals surface area contributed by atoms with Gasteiger partial charge in [-0.05, 0) is 37.0 Å². The van der Waals surface area contributed by atoms with Crippen LogP contribution < -0.4 is 26.9 Å². The third-order valence-electron chi connectivity index (χ3n) is 4.32. The Bertz CT molecular complexity index is 1120. The summed E-state index contributed by atoms with van der Waals surface area (Å²) in [5, 5.41) is 15.9. The van der Waals surface area contributed by atoms with Crippen LogP contribution in [0.2, 0.25) is 5.15 Å². The van der Waals surface area contributed by atoms with Crippen molar-refractivity contribution in [1.29, 1.82) is 0 Å². The van der Waals surface area contributed by atoms with E-state index in [9.17, 15) is 18.3 Å². The van der Waals surface area contributed by atoms with Crippen molar-refractivity contribution in [2.75, 3.05) is 37.5 Å². The molecule has 0 bridgehead atoms. The summed E-state index contributed by atoms with van der Waals surface area (Å²) >= 11 is 5.75. The van der Waals surface area contributed by atoms with Gasteiger partial charge in [0.2, 0.25) is 0 Å². The first-order valence-electron chi connectivity index (χ1n) is 10.4. The minimum atomic E-state index is -3.60. The van der Waals surface area contributed by atoms with E-state index in [2.05, 4.69) is 30.0 Å². The van der Waals surface area contributed by atoms with Gasteiger partial charge in [-0.25, -0.2) is 9.97 Å². The van der Waals surface area contributed by atoms with Gasteiger partial charge in [-0.2, -0.15) is 13.5 Å². The molecule has 1 atom stereocenters. The molecule has 7 N–H and O–H groups in total. The van der Waals surface area contributed by atoms with Crippen LogP contribution in [0.25, 0.3) is 0 Å². The largest absolute Gasteiger partial charge is 0.491 e. The fourth-order valence-electron chi connectivity index (χ4n) is 2.61. The molecule has 1 aromatic heterocycles. The van der Waals surface area contributed by atoms with Gasteiger partial charge in [0.05, 0.1) is 12.9 Å². The number of nitrogens with one attached hydrogen (secondary N) is 2. The first-order chi connectivity index (χ1) is 16.5. The van der Waals surface area contributed by atoms with Crippen LogP contribution in [-0.2, 0) is 20.7 Å². The molecule has 0 saturated carbocycles. The quantitative estimate of drug-likeness (QED) is 0.0739. The zero-order valence-corrected chi connectivity index (χ0v) is 20.6. The Morgan fingerprint density at radius 3 is 2.60 bits per heavy atom. The molecule has 0 aliphatic carbocycles. The van der Waals surface area contributed by atoms with E-state index in [-0.39, 0.29) is 35.7 Å². The number of unbranched alkanes of at least 4 members (excludes halogenated alkanes) is 1. The first-order valence-corrected chi connectivity index (χ1v) is 12.6. The van der Waals surface area contributed by atoms with Crippen LogP contribution in [-0.4, -0.2) is 67.9 Å². The molecule has 0 saturated heterocycles. The molecule has 0 aliphatic rings. The minimum absolute atomic E-state index is 0.0605. The molecule has 13 nitrogen and oxygen atoms in total. The van der Waals surface area contributed by atoms with Crippen molar-refractivity contribution in [2.24, 2.45) is 5.10 Å². The Hall–Kier alpha value is -3.20. The second-order valence-electron chi connectivity index (χ2n) is 7.33. The van der Waals surface area contributed by atoms with Gasteiger partial charge >= 0.3 is 0 Å². The van der Waals surface area contributed by atoms with E-state index in [0.29, 0.717) is 12.3 Å². The highest BCUT2D eigenvalue weighted by Crippen LogP contribution is 2.17. The summed E-state index contributed by atoms with van der Waals surface area (Å²) in [6, 6.07) is 7.37. The number of aliphatic hydroxyl groups is 1. The van der Waals surface area contributed by atoms with Crippen molar-refractivity contribution in [3.63, 3.8) is 0 Å².